The normalized spacial score (nSPS) is 20.1. The topological polar surface area (TPSA) is 40.6 Å². The number of allylic oxidation sites excluding steroid dienone is 2. The average Bonchev–Trinajstić information content (AvgIpc) is 2.91. The summed E-state index contributed by atoms with van der Waals surface area (Å²) in [5.74, 6) is -0.199. The van der Waals surface area contributed by atoms with Gasteiger partial charge in [0, 0.05) is 13.1 Å². The Kier molecular flexibility index (Phi) is 6.04. The van der Waals surface area contributed by atoms with E-state index in [1.807, 2.05) is 47.4 Å². The first-order chi connectivity index (χ1) is 12.1. The third kappa shape index (κ3) is 4.58. The summed E-state index contributed by atoms with van der Waals surface area (Å²) in [4.78, 5) is 28.7. The molecular weight excluding hydrogens is 352 g/mol. The van der Waals surface area contributed by atoms with Gasteiger partial charge >= 0.3 is 0 Å². The summed E-state index contributed by atoms with van der Waals surface area (Å²) in [5, 5.41) is 0. The summed E-state index contributed by atoms with van der Waals surface area (Å²) in [6.45, 7) is 1.61. The molecule has 130 valence electrons. The zero-order valence-corrected chi connectivity index (χ0v) is 15.5. The predicted molar refractivity (Wildman–Crippen MR) is 106 cm³/mol. The molecule has 2 heterocycles. The van der Waals surface area contributed by atoms with E-state index in [-0.39, 0.29) is 18.4 Å². The van der Waals surface area contributed by atoms with Gasteiger partial charge in [0.2, 0.25) is 5.91 Å². The molecule has 0 unspecified atom stereocenters. The number of likely N-dealkylation sites (tertiary alicyclic amines) is 1. The van der Waals surface area contributed by atoms with Gasteiger partial charge in [0.05, 0.1) is 4.91 Å². The summed E-state index contributed by atoms with van der Waals surface area (Å²) >= 11 is 6.54. The Morgan fingerprint density at radius 3 is 2.60 bits per heavy atom. The highest BCUT2D eigenvalue weighted by Gasteiger charge is 2.34. The van der Waals surface area contributed by atoms with Crippen LogP contribution in [0.1, 0.15) is 24.8 Å². The van der Waals surface area contributed by atoms with Crippen molar-refractivity contribution in [1.29, 1.82) is 0 Å². The minimum atomic E-state index is -0.182. The van der Waals surface area contributed by atoms with Crippen molar-refractivity contribution in [3.63, 3.8) is 0 Å². The molecule has 0 spiro atoms. The Bertz CT molecular complexity index is 722. The molecule has 1 aromatic carbocycles. The zero-order valence-electron chi connectivity index (χ0n) is 13.9. The molecule has 0 saturated carbocycles. The number of nitrogens with zero attached hydrogens (tertiary/aromatic N) is 2. The van der Waals surface area contributed by atoms with Crippen LogP contribution in [0.5, 0.6) is 0 Å². The van der Waals surface area contributed by atoms with Gasteiger partial charge in [0.15, 0.2) is 0 Å². The maximum atomic E-state index is 12.5. The molecule has 0 radical (unpaired) electrons. The SMILES string of the molecule is O=C(CN1C(=O)/C(=C/C=C/c2ccccc2)SC1=S)N1CCCCC1. The van der Waals surface area contributed by atoms with Crippen LogP contribution in [0.3, 0.4) is 0 Å². The minimum absolute atomic E-state index is 0.0166. The molecule has 2 amide bonds. The van der Waals surface area contributed by atoms with Gasteiger partial charge in [-0.25, -0.2) is 0 Å². The molecule has 2 saturated heterocycles. The fourth-order valence-corrected chi connectivity index (χ4v) is 4.05. The van der Waals surface area contributed by atoms with Crippen molar-refractivity contribution < 1.29 is 9.59 Å². The number of thiocarbonyl (C=S) groups is 1. The van der Waals surface area contributed by atoms with E-state index in [2.05, 4.69) is 0 Å². The molecule has 0 atom stereocenters. The first-order valence-corrected chi connectivity index (χ1v) is 9.62. The zero-order chi connectivity index (χ0) is 17.6. The van der Waals surface area contributed by atoms with Crippen LogP contribution < -0.4 is 0 Å². The van der Waals surface area contributed by atoms with Crippen LogP contribution in [-0.4, -0.2) is 45.6 Å². The Morgan fingerprint density at radius 1 is 1.16 bits per heavy atom. The Hall–Kier alpha value is -1.92. The Labute approximate surface area is 157 Å². The van der Waals surface area contributed by atoms with Crippen molar-refractivity contribution in [3.05, 3.63) is 53.0 Å². The van der Waals surface area contributed by atoms with Crippen molar-refractivity contribution >= 4 is 46.2 Å². The summed E-state index contributed by atoms with van der Waals surface area (Å²) < 4.78 is 0.453. The van der Waals surface area contributed by atoms with Crippen molar-refractivity contribution in [2.24, 2.45) is 0 Å². The lowest BCUT2D eigenvalue weighted by Gasteiger charge is -2.28. The molecule has 2 fully saturated rings. The summed E-state index contributed by atoms with van der Waals surface area (Å²) in [5.41, 5.74) is 1.06. The quantitative estimate of drug-likeness (QED) is 0.600. The maximum Gasteiger partial charge on any atom is 0.266 e. The number of hydrogen-bond donors (Lipinski definition) is 0. The van der Waals surface area contributed by atoms with Gasteiger partial charge in [-0.05, 0) is 30.9 Å². The smallest absolute Gasteiger partial charge is 0.266 e. The van der Waals surface area contributed by atoms with Crippen LogP contribution in [0.2, 0.25) is 0 Å². The molecule has 4 nitrogen and oxygen atoms in total. The molecule has 0 bridgehead atoms. The molecule has 0 N–H and O–H groups in total. The van der Waals surface area contributed by atoms with Crippen LogP contribution in [-0.2, 0) is 9.59 Å². The van der Waals surface area contributed by atoms with Gasteiger partial charge in [-0.2, -0.15) is 0 Å². The summed E-state index contributed by atoms with van der Waals surface area (Å²) in [7, 11) is 0. The lowest BCUT2D eigenvalue weighted by atomic mass is 10.1. The predicted octanol–water partition coefficient (Wildman–Crippen LogP) is 3.46. The van der Waals surface area contributed by atoms with E-state index in [9.17, 15) is 9.59 Å². The maximum absolute atomic E-state index is 12.5. The fourth-order valence-electron chi connectivity index (χ4n) is 2.84. The molecule has 0 aliphatic carbocycles. The van der Waals surface area contributed by atoms with Crippen LogP contribution in [0.15, 0.2) is 47.4 Å². The first-order valence-electron chi connectivity index (χ1n) is 8.40. The van der Waals surface area contributed by atoms with Crippen molar-refractivity contribution in [2.75, 3.05) is 19.6 Å². The number of carbonyl (C=O) groups excluding carboxylic acids is 2. The van der Waals surface area contributed by atoms with Crippen LogP contribution in [0.4, 0.5) is 0 Å². The van der Waals surface area contributed by atoms with E-state index >= 15 is 0 Å². The number of hydrogen-bond acceptors (Lipinski definition) is 4. The average molecular weight is 373 g/mol. The lowest BCUT2D eigenvalue weighted by molar-refractivity contribution is -0.136. The van der Waals surface area contributed by atoms with Gasteiger partial charge in [-0.15, -0.1) is 0 Å². The number of carbonyl (C=O) groups is 2. The highest BCUT2D eigenvalue weighted by molar-refractivity contribution is 8.26. The van der Waals surface area contributed by atoms with Crippen LogP contribution in [0.25, 0.3) is 6.08 Å². The highest BCUT2D eigenvalue weighted by atomic mass is 32.2. The highest BCUT2D eigenvalue weighted by Crippen LogP contribution is 2.31. The van der Waals surface area contributed by atoms with E-state index in [0.29, 0.717) is 9.23 Å². The Morgan fingerprint density at radius 2 is 1.88 bits per heavy atom. The number of thioether (sulfide) groups is 1. The Balaban J connectivity index is 1.62. The van der Waals surface area contributed by atoms with E-state index in [1.165, 1.54) is 23.1 Å². The molecule has 1 aromatic rings. The van der Waals surface area contributed by atoms with E-state index < -0.39 is 0 Å². The molecule has 2 aliphatic heterocycles. The monoisotopic (exact) mass is 372 g/mol. The lowest BCUT2D eigenvalue weighted by Crippen LogP contribution is -2.44. The second-order valence-electron chi connectivity index (χ2n) is 6.00. The molecule has 25 heavy (non-hydrogen) atoms. The van der Waals surface area contributed by atoms with Gasteiger partial charge in [-0.3, -0.25) is 14.5 Å². The number of amides is 2. The number of rotatable bonds is 4. The molecule has 6 heteroatoms. The number of piperidine rings is 1. The van der Waals surface area contributed by atoms with E-state index in [0.717, 1.165) is 31.5 Å². The minimum Gasteiger partial charge on any atom is -0.341 e. The third-order valence-electron chi connectivity index (χ3n) is 4.21. The van der Waals surface area contributed by atoms with E-state index in [4.69, 9.17) is 12.2 Å². The standard InChI is InChI=1S/C19H20N2O2S2/c22-17(20-12-5-2-6-13-20)14-21-18(23)16(25-19(21)24)11-7-10-15-8-3-1-4-9-15/h1,3-4,7-11H,2,5-6,12-14H2/b10-7+,16-11-. The van der Waals surface area contributed by atoms with Crippen LogP contribution in [0, 0.1) is 0 Å². The van der Waals surface area contributed by atoms with Gasteiger partial charge < -0.3 is 4.90 Å². The molecule has 2 aliphatic rings. The first kappa shape index (κ1) is 17.9. The second-order valence-corrected chi connectivity index (χ2v) is 7.68. The van der Waals surface area contributed by atoms with E-state index in [1.54, 1.807) is 6.08 Å². The van der Waals surface area contributed by atoms with Gasteiger partial charge in [0.1, 0.15) is 10.9 Å². The summed E-state index contributed by atoms with van der Waals surface area (Å²) in [6.07, 6.45) is 8.78. The van der Waals surface area contributed by atoms with Crippen molar-refractivity contribution in [3.8, 4) is 0 Å². The number of benzene rings is 1. The van der Waals surface area contributed by atoms with Gasteiger partial charge in [-0.1, -0.05) is 66.5 Å². The fraction of sp³-hybridized carbons (Fsp3) is 0.316. The molecule has 0 aromatic heterocycles. The third-order valence-corrected chi connectivity index (χ3v) is 5.61. The van der Waals surface area contributed by atoms with Gasteiger partial charge in [0.25, 0.3) is 5.91 Å². The molecular formula is C19H20N2O2S2. The van der Waals surface area contributed by atoms with Crippen molar-refractivity contribution in [1.82, 2.24) is 9.80 Å². The largest absolute Gasteiger partial charge is 0.341 e. The summed E-state index contributed by atoms with van der Waals surface area (Å²) in [6, 6.07) is 9.87. The van der Waals surface area contributed by atoms with Crippen LogP contribution >= 0.6 is 24.0 Å². The second kappa shape index (κ2) is 8.45. The molecule has 3 rings (SSSR count). The van der Waals surface area contributed by atoms with Crippen molar-refractivity contribution in [2.45, 2.75) is 19.3 Å².